The number of amides is 2. The third-order valence-corrected chi connectivity index (χ3v) is 8.33. The molecule has 0 fully saturated rings. The maximum absolute atomic E-state index is 13.8. The molecular weight excluding hydrogens is 528 g/mol. The van der Waals surface area contributed by atoms with Crippen LogP contribution in [0.25, 0.3) is 16.9 Å². The molecule has 0 aliphatic carbocycles. The molecule has 0 saturated heterocycles. The van der Waals surface area contributed by atoms with E-state index in [-0.39, 0.29) is 35.4 Å². The van der Waals surface area contributed by atoms with Gasteiger partial charge in [-0.2, -0.15) is 5.10 Å². The molecule has 39 heavy (non-hydrogen) atoms. The molecule has 8 heteroatoms. The number of aryl methyl sites for hydroxylation is 1. The molecule has 2 amide bonds. The molecule has 0 radical (unpaired) electrons. The van der Waals surface area contributed by atoms with Crippen molar-refractivity contribution in [3.05, 3.63) is 100 Å². The van der Waals surface area contributed by atoms with Gasteiger partial charge in [0.05, 0.1) is 22.4 Å². The van der Waals surface area contributed by atoms with Crippen LogP contribution in [0.4, 0.5) is 5.82 Å². The van der Waals surface area contributed by atoms with E-state index < -0.39 is 0 Å². The summed E-state index contributed by atoms with van der Waals surface area (Å²) in [6, 6.07) is 23.7. The Morgan fingerprint density at radius 3 is 2.54 bits per heavy atom. The van der Waals surface area contributed by atoms with Gasteiger partial charge in [0.15, 0.2) is 0 Å². The number of nitrogens with one attached hydrogen (secondary N) is 1. The SMILES string of the molecule is Cc1cccc(-n2nc(-c3ccccc3)c3c2N(CC(=O)NC(C)C)C(=O)CSC3c2cccc(Cl)c2)c1C. The minimum absolute atomic E-state index is 0.0450. The number of halogens is 1. The lowest BCUT2D eigenvalue weighted by Crippen LogP contribution is -2.44. The van der Waals surface area contributed by atoms with Gasteiger partial charge < -0.3 is 5.32 Å². The number of benzene rings is 3. The van der Waals surface area contributed by atoms with E-state index in [1.807, 2.05) is 85.3 Å². The number of hydrogen-bond donors (Lipinski definition) is 1. The van der Waals surface area contributed by atoms with Crippen LogP contribution in [0.2, 0.25) is 5.02 Å². The predicted molar refractivity (Wildman–Crippen MR) is 160 cm³/mol. The van der Waals surface area contributed by atoms with Crippen molar-refractivity contribution in [1.82, 2.24) is 15.1 Å². The number of hydrogen-bond acceptors (Lipinski definition) is 4. The van der Waals surface area contributed by atoms with Crippen LogP contribution in [-0.4, -0.2) is 39.9 Å². The molecule has 1 unspecified atom stereocenters. The van der Waals surface area contributed by atoms with Gasteiger partial charge in [-0.1, -0.05) is 66.2 Å². The molecule has 1 atom stereocenters. The summed E-state index contributed by atoms with van der Waals surface area (Å²) in [5.74, 6) is 0.463. The number of anilines is 1. The molecule has 0 bridgehead atoms. The van der Waals surface area contributed by atoms with Gasteiger partial charge in [0.25, 0.3) is 0 Å². The molecule has 1 N–H and O–H groups in total. The van der Waals surface area contributed by atoms with Crippen LogP contribution in [0.3, 0.4) is 0 Å². The van der Waals surface area contributed by atoms with Gasteiger partial charge in [-0.15, -0.1) is 11.8 Å². The smallest absolute Gasteiger partial charge is 0.240 e. The summed E-state index contributed by atoms with van der Waals surface area (Å²) >= 11 is 7.97. The zero-order valence-electron chi connectivity index (χ0n) is 22.4. The number of fused-ring (bicyclic) bond motifs is 1. The molecule has 1 aliphatic rings. The van der Waals surface area contributed by atoms with E-state index >= 15 is 0 Å². The molecule has 0 spiro atoms. The van der Waals surface area contributed by atoms with E-state index in [1.165, 1.54) is 11.8 Å². The normalized spacial score (nSPS) is 15.3. The Bertz CT molecular complexity index is 1530. The Labute approximate surface area is 238 Å². The lowest BCUT2D eigenvalue weighted by Gasteiger charge is -2.24. The number of thioether (sulfide) groups is 1. The first-order valence-corrected chi connectivity index (χ1v) is 14.4. The van der Waals surface area contributed by atoms with Gasteiger partial charge in [0, 0.05) is 22.2 Å². The Balaban J connectivity index is 1.84. The summed E-state index contributed by atoms with van der Waals surface area (Å²) in [5.41, 5.74) is 6.61. The van der Waals surface area contributed by atoms with Gasteiger partial charge in [-0.3, -0.25) is 14.5 Å². The predicted octanol–water partition coefficient (Wildman–Crippen LogP) is 6.50. The van der Waals surface area contributed by atoms with Crippen LogP contribution in [-0.2, 0) is 9.59 Å². The molecular formula is C31H31ClN4O2S. The Morgan fingerprint density at radius 2 is 1.82 bits per heavy atom. The Hall–Kier alpha value is -3.55. The first kappa shape index (κ1) is 27.0. The zero-order chi connectivity index (χ0) is 27.7. The summed E-state index contributed by atoms with van der Waals surface area (Å²) in [7, 11) is 0. The quantitative estimate of drug-likeness (QED) is 0.293. The second kappa shape index (κ2) is 11.3. The molecule has 6 nitrogen and oxygen atoms in total. The van der Waals surface area contributed by atoms with Crippen LogP contribution in [0.1, 0.15) is 41.4 Å². The van der Waals surface area contributed by atoms with Crippen molar-refractivity contribution in [3.8, 4) is 16.9 Å². The van der Waals surface area contributed by atoms with E-state index in [0.717, 1.165) is 39.2 Å². The fraction of sp³-hybridized carbons (Fsp3) is 0.258. The van der Waals surface area contributed by atoms with Crippen LogP contribution < -0.4 is 10.2 Å². The van der Waals surface area contributed by atoms with Crippen LogP contribution in [0.15, 0.2) is 72.8 Å². The summed E-state index contributed by atoms with van der Waals surface area (Å²) in [4.78, 5) is 28.5. The van der Waals surface area contributed by atoms with Gasteiger partial charge in [-0.05, 0) is 62.6 Å². The monoisotopic (exact) mass is 558 g/mol. The van der Waals surface area contributed by atoms with Crippen molar-refractivity contribution in [3.63, 3.8) is 0 Å². The summed E-state index contributed by atoms with van der Waals surface area (Å²) in [5, 5.41) is 8.51. The summed E-state index contributed by atoms with van der Waals surface area (Å²) in [6.07, 6.45) is 0. The van der Waals surface area contributed by atoms with E-state index in [1.54, 1.807) is 4.90 Å². The van der Waals surface area contributed by atoms with Crippen molar-refractivity contribution in [2.24, 2.45) is 0 Å². The second-order valence-corrected chi connectivity index (χ2v) is 11.6. The number of carbonyl (C=O) groups is 2. The molecule has 1 aromatic heterocycles. The van der Waals surface area contributed by atoms with Gasteiger partial charge in [-0.25, -0.2) is 4.68 Å². The standard InChI is InChI=1S/C31H31ClN4O2S/c1-19(2)33-26(37)17-35-27(38)18-39-30(23-13-9-14-24(32)16-23)28-29(22-11-6-5-7-12-22)34-36(31(28)35)25-15-8-10-20(3)21(25)4/h5-16,19,30H,17-18H2,1-4H3,(H,33,37). The molecule has 1 aliphatic heterocycles. The van der Waals surface area contributed by atoms with Crippen molar-refractivity contribution < 1.29 is 9.59 Å². The number of aromatic nitrogens is 2. The molecule has 4 aromatic rings. The second-order valence-electron chi connectivity index (χ2n) is 10.0. The first-order valence-electron chi connectivity index (χ1n) is 13.0. The zero-order valence-corrected chi connectivity index (χ0v) is 24.0. The highest BCUT2D eigenvalue weighted by Gasteiger charge is 2.38. The Kier molecular flexibility index (Phi) is 7.82. The number of carbonyl (C=O) groups excluding carboxylic acids is 2. The lowest BCUT2D eigenvalue weighted by atomic mass is 9.99. The number of nitrogens with zero attached hydrogens (tertiary/aromatic N) is 3. The van der Waals surface area contributed by atoms with Crippen molar-refractivity contribution >= 4 is 41.0 Å². The molecule has 2 heterocycles. The van der Waals surface area contributed by atoms with E-state index in [0.29, 0.717) is 10.8 Å². The maximum Gasteiger partial charge on any atom is 0.240 e. The van der Waals surface area contributed by atoms with E-state index in [2.05, 4.69) is 25.2 Å². The van der Waals surface area contributed by atoms with Gasteiger partial charge in [0.2, 0.25) is 11.8 Å². The average molecular weight is 559 g/mol. The van der Waals surface area contributed by atoms with E-state index in [9.17, 15) is 9.59 Å². The maximum atomic E-state index is 13.8. The van der Waals surface area contributed by atoms with E-state index in [4.69, 9.17) is 16.7 Å². The Morgan fingerprint density at radius 1 is 1.08 bits per heavy atom. The fourth-order valence-electron chi connectivity index (χ4n) is 4.91. The summed E-state index contributed by atoms with van der Waals surface area (Å²) < 4.78 is 1.85. The van der Waals surface area contributed by atoms with Crippen LogP contribution >= 0.6 is 23.4 Å². The van der Waals surface area contributed by atoms with Crippen molar-refractivity contribution in [1.29, 1.82) is 0 Å². The number of rotatable bonds is 6. The molecule has 0 saturated carbocycles. The highest BCUT2D eigenvalue weighted by Crippen LogP contribution is 2.49. The third kappa shape index (κ3) is 5.47. The van der Waals surface area contributed by atoms with Gasteiger partial charge in [0.1, 0.15) is 12.4 Å². The molecule has 200 valence electrons. The minimum Gasteiger partial charge on any atom is -0.352 e. The largest absolute Gasteiger partial charge is 0.352 e. The summed E-state index contributed by atoms with van der Waals surface area (Å²) in [6.45, 7) is 7.83. The van der Waals surface area contributed by atoms with Crippen molar-refractivity contribution in [2.45, 2.75) is 39.0 Å². The molecule has 3 aromatic carbocycles. The van der Waals surface area contributed by atoms with Crippen LogP contribution in [0.5, 0.6) is 0 Å². The fourth-order valence-corrected chi connectivity index (χ4v) is 6.29. The van der Waals surface area contributed by atoms with Crippen LogP contribution in [0, 0.1) is 13.8 Å². The van der Waals surface area contributed by atoms with Crippen molar-refractivity contribution in [2.75, 3.05) is 17.2 Å². The lowest BCUT2D eigenvalue weighted by molar-refractivity contribution is -0.123. The first-order chi connectivity index (χ1) is 18.7. The highest BCUT2D eigenvalue weighted by atomic mass is 35.5. The minimum atomic E-state index is -0.227. The average Bonchev–Trinajstić information content (AvgIpc) is 3.22. The third-order valence-electron chi connectivity index (χ3n) is 6.84. The topological polar surface area (TPSA) is 67.2 Å². The van der Waals surface area contributed by atoms with Gasteiger partial charge >= 0.3 is 0 Å². The highest BCUT2D eigenvalue weighted by molar-refractivity contribution is 8.00. The molecule has 5 rings (SSSR count).